The number of hydrogen-bond acceptors (Lipinski definition) is 8. The van der Waals surface area contributed by atoms with E-state index < -0.39 is 69.5 Å². The van der Waals surface area contributed by atoms with Gasteiger partial charge in [0, 0.05) is 22.4 Å². The summed E-state index contributed by atoms with van der Waals surface area (Å²) in [5.41, 5.74) is 2.06. The number of nitrogens with one attached hydrogen (secondary N) is 1. The number of ketones is 2. The largest absolute Gasteiger partial charge is 0.508 e. The minimum Gasteiger partial charge on any atom is -0.508 e. The van der Waals surface area contributed by atoms with Gasteiger partial charge in [-0.2, -0.15) is 0 Å². The number of carbonyl (C=O) groups excluding carboxylic acids is 3. The first-order valence-corrected chi connectivity index (χ1v) is 11.2. The summed E-state index contributed by atoms with van der Waals surface area (Å²) in [6.07, 6.45) is 0.0219. The maximum absolute atomic E-state index is 13.9. The van der Waals surface area contributed by atoms with Crippen molar-refractivity contribution in [1.82, 2.24) is 9.88 Å². The van der Waals surface area contributed by atoms with E-state index in [2.05, 4.69) is 4.98 Å². The molecular weight excluding hydrogens is 454 g/mol. The van der Waals surface area contributed by atoms with Gasteiger partial charge in [0.1, 0.15) is 17.1 Å². The molecule has 1 saturated carbocycles. The Bertz CT molecular complexity index is 1470. The third-order valence-electron chi connectivity index (χ3n) is 7.82. The number of hydrogen-bond donors (Lipinski definition) is 5. The van der Waals surface area contributed by atoms with Gasteiger partial charge in [0.25, 0.3) is 11.5 Å². The summed E-state index contributed by atoms with van der Waals surface area (Å²) in [6, 6.07) is 5.98. The molecule has 35 heavy (non-hydrogen) atoms. The van der Waals surface area contributed by atoms with Crippen LogP contribution in [-0.2, 0) is 14.4 Å². The average Bonchev–Trinajstić information content (AvgIpc) is 2.78. The Morgan fingerprint density at radius 1 is 1.17 bits per heavy atom. The third-order valence-corrected chi connectivity index (χ3v) is 7.82. The van der Waals surface area contributed by atoms with Gasteiger partial charge in [-0.25, -0.2) is 0 Å². The number of para-hydroxylation sites is 1. The van der Waals surface area contributed by atoms with Crippen LogP contribution in [0.25, 0.3) is 16.7 Å². The molecule has 1 amide bonds. The van der Waals surface area contributed by atoms with E-state index in [9.17, 15) is 34.5 Å². The number of carbonyl (C=O) groups is 3. The lowest BCUT2D eigenvalue weighted by Crippen LogP contribution is -2.66. The van der Waals surface area contributed by atoms with Crippen LogP contribution in [0.5, 0.6) is 0 Å². The number of rotatable bonds is 2. The van der Waals surface area contributed by atoms with Crippen molar-refractivity contribution in [2.45, 2.75) is 30.9 Å². The van der Waals surface area contributed by atoms with Crippen molar-refractivity contribution < 1.29 is 29.7 Å². The van der Waals surface area contributed by atoms with Crippen LogP contribution < -0.4 is 11.3 Å². The van der Waals surface area contributed by atoms with Crippen LogP contribution in [0.3, 0.4) is 0 Å². The monoisotopic (exact) mass is 479 g/mol. The van der Waals surface area contributed by atoms with Crippen molar-refractivity contribution in [2.24, 2.45) is 17.6 Å². The number of aromatic nitrogens is 1. The summed E-state index contributed by atoms with van der Waals surface area (Å²) < 4.78 is 0. The number of amides is 1. The molecule has 0 saturated heterocycles. The van der Waals surface area contributed by atoms with Crippen LogP contribution in [-0.4, -0.2) is 68.4 Å². The summed E-state index contributed by atoms with van der Waals surface area (Å²) in [6.45, 7) is 1.82. The van der Waals surface area contributed by atoms with E-state index in [1.54, 1.807) is 38.4 Å². The number of Topliss-reactive ketones (excluding diaryl/α,β-unsaturated/α-hetero) is 2. The fraction of sp³-hybridized carbons (Fsp3) is 0.360. The topological polar surface area (TPSA) is 174 Å². The van der Waals surface area contributed by atoms with Gasteiger partial charge in [0.15, 0.2) is 11.4 Å². The van der Waals surface area contributed by atoms with E-state index in [1.807, 2.05) is 6.92 Å². The quantitative estimate of drug-likeness (QED) is 0.391. The molecule has 1 aromatic heterocycles. The first-order chi connectivity index (χ1) is 16.4. The number of primary amides is 1. The number of fused-ring (bicyclic) bond motifs is 5. The van der Waals surface area contributed by atoms with E-state index in [1.165, 1.54) is 4.90 Å². The highest BCUT2D eigenvalue weighted by Gasteiger charge is 2.64. The van der Waals surface area contributed by atoms with E-state index in [-0.39, 0.29) is 17.6 Å². The van der Waals surface area contributed by atoms with Crippen LogP contribution in [0.2, 0.25) is 0 Å². The van der Waals surface area contributed by atoms with E-state index >= 15 is 0 Å². The van der Waals surface area contributed by atoms with Gasteiger partial charge in [0.2, 0.25) is 5.78 Å². The molecule has 1 heterocycles. The van der Waals surface area contributed by atoms with Crippen molar-refractivity contribution >= 4 is 34.1 Å². The van der Waals surface area contributed by atoms with Gasteiger partial charge in [-0.15, -0.1) is 0 Å². The number of likely N-dealkylation sites (N-methyl/N-ethyl adjacent to an activating group) is 1. The van der Waals surface area contributed by atoms with Gasteiger partial charge in [0.05, 0.1) is 11.6 Å². The molecule has 0 radical (unpaired) electrons. The average molecular weight is 479 g/mol. The zero-order valence-electron chi connectivity index (χ0n) is 19.3. The summed E-state index contributed by atoms with van der Waals surface area (Å²) in [5, 5.41) is 34.4. The standard InChI is InChI=1S/C25H25N3O7/c1-9-11-8-12-18(28(2)3)20(30)17(23(26)33)22(32)25(12,35)21(31)15(11)19(29)16-14(9)10-6-4-5-7-13(10)27-24(16)34/h4-7,9,11-12,18,29,32,35H,8H2,1-3H3,(H2,26,33)(H,27,34)/t9-,11-,12+,18+,25+/m1/s1. The lowest BCUT2D eigenvalue weighted by Gasteiger charge is -2.51. The maximum Gasteiger partial charge on any atom is 0.259 e. The van der Waals surface area contributed by atoms with Crippen molar-refractivity contribution in [1.29, 1.82) is 0 Å². The number of pyridine rings is 1. The fourth-order valence-corrected chi connectivity index (χ4v) is 6.26. The molecule has 5 atom stereocenters. The highest BCUT2D eigenvalue weighted by molar-refractivity contribution is 6.24. The van der Waals surface area contributed by atoms with Crippen LogP contribution >= 0.6 is 0 Å². The molecule has 0 unspecified atom stereocenters. The van der Waals surface area contributed by atoms with Crippen LogP contribution in [0, 0.1) is 11.8 Å². The molecule has 0 bridgehead atoms. The molecule has 0 aliphatic heterocycles. The maximum atomic E-state index is 13.9. The van der Waals surface area contributed by atoms with Gasteiger partial charge in [-0.3, -0.25) is 24.1 Å². The molecule has 1 fully saturated rings. The summed E-state index contributed by atoms with van der Waals surface area (Å²) in [4.78, 5) is 56.2. The zero-order chi connectivity index (χ0) is 25.6. The van der Waals surface area contributed by atoms with Crippen LogP contribution in [0.4, 0.5) is 0 Å². The second-order valence-corrected chi connectivity index (χ2v) is 9.74. The first kappa shape index (κ1) is 23.0. The second-order valence-electron chi connectivity index (χ2n) is 9.74. The molecule has 10 heteroatoms. The van der Waals surface area contributed by atoms with Crippen molar-refractivity contribution in [3.05, 3.63) is 62.7 Å². The van der Waals surface area contributed by atoms with Crippen molar-refractivity contribution in [2.75, 3.05) is 14.1 Å². The van der Waals surface area contributed by atoms with E-state index in [0.717, 1.165) is 0 Å². The van der Waals surface area contributed by atoms with Gasteiger partial charge in [-0.05, 0) is 44.0 Å². The predicted octanol–water partition coefficient (Wildman–Crippen LogP) is 0.661. The SMILES string of the molecule is C[C@H]1c2c(c(=O)[nH]c3ccccc23)C(O)=C2C(=O)[C@]3(O)C(O)=C(C(N)=O)C(=O)[C@@H](N(C)C)[C@@H]3C[C@@H]21. The lowest BCUT2D eigenvalue weighted by atomic mass is 9.55. The van der Waals surface area contributed by atoms with Gasteiger partial charge >= 0.3 is 0 Å². The summed E-state index contributed by atoms with van der Waals surface area (Å²) in [5.74, 6) is -7.06. The number of H-pyrrole nitrogens is 1. The number of aliphatic hydroxyl groups is 3. The highest BCUT2D eigenvalue weighted by Crippen LogP contribution is 2.55. The Kier molecular flexibility index (Phi) is 4.84. The predicted molar refractivity (Wildman–Crippen MR) is 125 cm³/mol. The molecule has 10 nitrogen and oxygen atoms in total. The molecule has 5 rings (SSSR count). The van der Waals surface area contributed by atoms with Crippen molar-refractivity contribution in [3.63, 3.8) is 0 Å². The smallest absolute Gasteiger partial charge is 0.259 e. The Hall–Kier alpha value is -3.76. The normalized spacial score (nSPS) is 30.4. The van der Waals surface area contributed by atoms with Crippen LogP contribution in [0.15, 0.2) is 46.0 Å². The Morgan fingerprint density at radius 2 is 1.83 bits per heavy atom. The minimum atomic E-state index is -2.67. The summed E-state index contributed by atoms with van der Waals surface area (Å²) >= 11 is 0. The van der Waals surface area contributed by atoms with Crippen LogP contribution in [0.1, 0.15) is 30.4 Å². The minimum absolute atomic E-state index is 0.0219. The molecule has 1 aromatic carbocycles. The van der Waals surface area contributed by atoms with Gasteiger partial charge < -0.3 is 26.0 Å². The molecule has 3 aliphatic rings. The number of nitrogens with two attached hydrogens (primary N) is 1. The number of nitrogens with zero attached hydrogens (tertiary/aromatic N) is 1. The highest BCUT2D eigenvalue weighted by atomic mass is 16.3. The third kappa shape index (κ3) is 2.77. The lowest BCUT2D eigenvalue weighted by molar-refractivity contribution is -0.154. The first-order valence-electron chi connectivity index (χ1n) is 11.2. The zero-order valence-corrected chi connectivity index (χ0v) is 19.3. The molecule has 2 aromatic rings. The molecule has 182 valence electrons. The Morgan fingerprint density at radius 3 is 2.46 bits per heavy atom. The molecule has 3 aliphatic carbocycles. The van der Waals surface area contributed by atoms with E-state index in [0.29, 0.717) is 16.5 Å². The van der Waals surface area contributed by atoms with Gasteiger partial charge in [-0.1, -0.05) is 25.1 Å². The Labute approximate surface area is 199 Å². The van der Waals surface area contributed by atoms with Crippen molar-refractivity contribution in [3.8, 4) is 0 Å². The number of aliphatic hydroxyl groups excluding tert-OH is 2. The number of benzene rings is 1. The molecule has 0 spiro atoms. The molecular formula is C25H25N3O7. The molecule has 6 N–H and O–H groups in total. The summed E-state index contributed by atoms with van der Waals surface area (Å²) in [7, 11) is 3.12. The fourth-order valence-electron chi connectivity index (χ4n) is 6.26. The Balaban J connectivity index is 1.82. The van der Waals surface area contributed by atoms with E-state index in [4.69, 9.17) is 5.73 Å². The number of aromatic amines is 1. The second kappa shape index (κ2) is 7.37.